The van der Waals surface area contributed by atoms with E-state index in [1.54, 1.807) is 0 Å². The molecule has 0 bridgehead atoms. The fourth-order valence-electron chi connectivity index (χ4n) is 2.23. The van der Waals surface area contributed by atoms with Crippen LogP contribution in [0, 0.1) is 0 Å². The molecule has 0 aliphatic heterocycles. The van der Waals surface area contributed by atoms with Crippen LogP contribution in [0.5, 0.6) is 0 Å². The average Bonchev–Trinajstić information content (AvgIpc) is 3.28. The number of aliphatic imine (C=N–C) groups is 1. The summed E-state index contributed by atoms with van der Waals surface area (Å²) in [6, 6.07) is 11.7. The Bertz CT molecular complexity index is 443. The lowest BCUT2D eigenvalue weighted by Crippen LogP contribution is -2.40. The SMILES string of the molecule is CCNC(=NCC(Cc1ccccc1)N(C)C)NC1CC1.I. The third-order valence-electron chi connectivity index (χ3n) is 3.77. The minimum atomic E-state index is 0. The van der Waals surface area contributed by atoms with E-state index in [0.29, 0.717) is 12.1 Å². The van der Waals surface area contributed by atoms with Crippen LogP contribution in [0.4, 0.5) is 0 Å². The van der Waals surface area contributed by atoms with Crippen LogP contribution in [0.25, 0.3) is 0 Å². The number of guanidine groups is 1. The van der Waals surface area contributed by atoms with Gasteiger partial charge in [-0.1, -0.05) is 30.3 Å². The third-order valence-corrected chi connectivity index (χ3v) is 3.77. The molecule has 1 atom stereocenters. The van der Waals surface area contributed by atoms with Gasteiger partial charge in [0.25, 0.3) is 0 Å². The number of nitrogens with zero attached hydrogens (tertiary/aromatic N) is 2. The largest absolute Gasteiger partial charge is 0.357 e. The summed E-state index contributed by atoms with van der Waals surface area (Å²) in [4.78, 5) is 7.03. The van der Waals surface area contributed by atoms with Gasteiger partial charge in [0, 0.05) is 18.6 Å². The van der Waals surface area contributed by atoms with Crippen LogP contribution in [0.2, 0.25) is 0 Å². The second-order valence-electron chi connectivity index (χ2n) is 5.95. The lowest BCUT2D eigenvalue weighted by Gasteiger charge is -2.23. The van der Waals surface area contributed by atoms with Gasteiger partial charge in [0.15, 0.2) is 5.96 Å². The summed E-state index contributed by atoms with van der Waals surface area (Å²) in [5, 5.41) is 6.80. The molecule has 1 aromatic carbocycles. The number of nitrogens with one attached hydrogen (secondary N) is 2. The van der Waals surface area contributed by atoms with E-state index in [9.17, 15) is 0 Å². The Hall–Kier alpha value is -0.820. The third kappa shape index (κ3) is 6.96. The van der Waals surface area contributed by atoms with Gasteiger partial charge in [-0.15, -0.1) is 24.0 Å². The zero-order valence-electron chi connectivity index (χ0n) is 13.9. The second-order valence-corrected chi connectivity index (χ2v) is 5.95. The van der Waals surface area contributed by atoms with Crippen molar-refractivity contribution in [3.05, 3.63) is 35.9 Å². The molecular weight excluding hydrogens is 387 g/mol. The van der Waals surface area contributed by atoms with Crippen molar-refractivity contribution in [1.29, 1.82) is 0 Å². The highest BCUT2D eigenvalue weighted by molar-refractivity contribution is 14.0. The minimum absolute atomic E-state index is 0. The monoisotopic (exact) mass is 416 g/mol. The van der Waals surface area contributed by atoms with Crippen molar-refractivity contribution < 1.29 is 0 Å². The summed E-state index contributed by atoms with van der Waals surface area (Å²) in [7, 11) is 4.26. The Balaban J connectivity index is 0.00000242. The maximum absolute atomic E-state index is 4.76. The molecule has 22 heavy (non-hydrogen) atoms. The average molecular weight is 416 g/mol. The topological polar surface area (TPSA) is 39.7 Å². The highest BCUT2D eigenvalue weighted by atomic mass is 127. The lowest BCUT2D eigenvalue weighted by atomic mass is 10.1. The standard InChI is InChI=1S/C17H28N4.HI/c1-4-18-17(20-15-10-11-15)19-13-16(21(2)3)12-14-8-6-5-7-9-14;/h5-9,15-16H,4,10-13H2,1-3H3,(H2,18,19,20);1H. The van der Waals surface area contributed by atoms with Crippen LogP contribution in [0.1, 0.15) is 25.3 Å². The Kier molecular flexibility index (Phi) is 8.78. The van der Waals surface area contributed by atoms with E-state index in [-0.39, 0.29) is 24.0 Å². The van der Waals surface area contributed by atoms with Crippen LogP contribution in [-0.2, 0) is 6.42 Å². The van der Waals surface area contributed by atoms with Crippen molar-refractivity contribution in [3.63, 3.8) is 0 Å². The van der Waals surface area contributed by atoms with Gasteiger partial charge in [-0.05, 0) is 45.8 Å². The van der Waals surface area contributed by atoms with E-state index in [0.717, 1.165) is 25.5 Å². The van der Waals surface area contributed by atoms with Crippen molar-refractivity contribution in [2.45, 2.75) is 38.3 Å². The highest BCUT2D eigenvalue weighted by Gasteiger charge is 2.22. The van der Waals surface area contributed by atoms with Gasteiger partial charge in [-0.2, -0.15) is 0 Å². The first-order valence-electron chi connectivity index (χ1n) is 7.94. The summed E-state index contributed by atoms with van der Waals surface area (Å²) in [5.41, 5.74) is 1.37. The van der Waals surface area contributed by atoms with Gasteiger partial charge in [-0.3, -0.25) is 4.99 Å². The first-order valence-corrected chi connectivity index (χ1v) is 7.94. The Morgan fingerprint density at radius 3 is 2.50 bits per heavy atom. The first-order chi connectivity index (χ1) is 10.2. The van der Waals surface area contributed by atoms with E-state index in [1.165, 1.54) is 18.4 Å². The summed E-state index contributed by atoms with van der Waals surface area (Å²) in [6.45, 7) is 3.82. The number of halogens is 1. The maximum atomic E-state index is 4.76. The van der Waals surface area contributed by atoms with Crippen molar-refractivity contribution >= 4 is 29.9 Å². The van der Waals surface area contributed by atoms with E-state index in [4.69, 9.17) is 4.99 Å². The molecule has 1 aliphatic rings. The van der Waals surface area contributed by atoms with Crippen LogP contribution in [-0.4, -0.2) is 50.1 Å². The molecule has 0 spiro atoms. The first kappa shape index (κ1) is 19.2. The van der Waals surface area contributed by atoms with Gasteiger partial charge in [0.05, 0.1) is 6.54 Å². The summed E-state index contributed by atoms with van der Waals surface area (Å²) < 4.78 is 0. The molecule has 1 unspecified atom stereocenters. The highest BCUT2D eigenvalue weighted by Crippen LogP contribution is 2.18. The van der Waals surface area contributed by atoms with Crippen LogP contribution in [0.15, 0.2) is 35.3 Å². The molecule has 1 saturated carbocycles. The molecule has 0 amide bonds. The zero-order chi connectivity index (χ0) is 15.1. The lowest BCUT2D eigenvalue weighted by molar-refractivity contribution is 0.298. The Morgan fingerprint density at radius 1 is 1.27 bits per heavy atom. The van der Waals surface area contributed by atoms with E-state index in [2.05, 4.69) is 66.9 Å². The van der Waals surface area contributed by atoms with Crippen LogP contribution >= 0.6 is 24.0 Å². The molecule has 1 fully saturated rings. The second kappa shape index (κ2) is 10.0. The Labute approximate surface area is 151 Å². The van der Waals surface area contributed by atoms with Gasteiger partial charge in [0.2, 0.25) is 0 Å². The summed E-state index contributed by atoms with van der Waals surface area (Å²) in [5.74, 6) is 0.958. The smallest absolute Gasteiger partial charge is 0.191 e. The normalized spacial score (nSPS) is 16.1. The summed E-state index contributed by atoms with van der Waals surface area (Å²) in [6.07, 6.45) is 3.57. The van der Waals surface area contributed by atoms with Gasteiger partial charge in [0.1, 0.15) is 0 Å². The van der Waals surface area contributed by atoms with Crippen LogP contribution in [0.3, 0.4) is 0 Å². The molecule has 4 nitrogen and oxygen atoms in total. The number of hydrogen-bond donors (Lipinski definition) is 2. The molecule has 0 heterocycles. The number of rotatable bonds is 7. The molecule has 2 N–H and O–H groups in total. The Morgan fingerprint density at radius 2 is 1.95 bits per heavy atom. The minimum Gasteiger partial charge on any atom is -0.357 e. The van der Waals surface area contributed by atoms with E-state index < -0.39 is 0 Å². The zero-order valence-corrected chi connectivity index (χ0v) is 16.2. The number of likely N-dealkylation sites (N-methyl/N-ethyl adjacent to an activating group) is 1. The van der Waals surface area contributed by atoms with E-state index >= 15 is 0 Å². The van der Waals surface area contributed by atoms with Gasteiger partial charge < -0.3 is 15.5 Å². The quantitative estimate of drug-likeness (QED) is 0.408. The summed E-state index contributed by atoms with van der Waals surface area (Å²) >= 11 is 0. The van der Waals surface area contributed by atoms with E-state index in [1.807, 2.05) is 0 Å². The molecule has 124 valence electrons. The molecule has 1 aromatic rings. The molecule has 2 rings (SSSR count). The van der Waals surface area contributed by atoms with Crippen molar-refractivity contribution in [2.75, 3.05) is 27.2 Å². The molecule has 0 radical (unpaired) electrons. The van der Waals surface area contributed by atoms with Crippen molar-refractivity contribution in [1.82, 2.24) is 15.5 Å². The maximum Gasteiger partial charge on any atom is 0.191 e. The van der Waals surface area contributed by atoms with Crippen LogP contribution < -0.4 is 10.6 Å². The molecule has 5 heteroatoms. The fourth-order valence-corrected chi connectivity index (χ4v) is 2.23. The fraction of sp³-hybridized carbons (Fsp3) is 0.588. The molecule has 0 aromatic heterocycles. The van der Waals surface area contributed by atoms with Gasteiger partial charge >= 0.3 is 0 Å². The molecule has 1 aliphatic carbocycles. The predicted octanol–water partition coefficient (Wildman–Crippen LogP) is 2.49. The number of benzene rings is 1. The molecule has 0 saturated heterocycles. The predicted molar refractivity (Wildman–Crippen MR) is 105 cm³/mol. The van der Waals surface area contributed by atoms with Crippen molar-refractivity contribution in [3.8, 4) is 0 Å². The van der Waals surface area contributed by atoms with Gasteiger partial charge in [-0.25, -0.2) is 0 Å². The molecular formula is C17H29IN4. The number of hydrogen-bond acceptors (Lipinski definition) is 2. The van der Waals surface area contributed by atoms with Crippen molar-refractivity contribution in [2.24, 2.45) is 4.99 Å².